The van der Waals surface area contributed by atoms with Crippen LogP contribution in [0.3, 0.4) is 0 Å². The van der Waals surface area contributed by atoms with Gasteiger partial charge in [0.05, 0.1) is 0 Å². The number of hydrogen-bond donors (Lipinski definition) is 0. The van der Waals surface area contributed by atoms with Crippen molar-refractivity contribution in [3.63, 3.8) is 0 Å². The van der Waals surface area contributed by atoms with E-state index < -0.39 is 11.9 Å². The Balaban J connectivity index is 2.53. The minimum Gasteiger partial charge on any atom is -0.316 e. The third kappa shape index (κ3) is 5.68. The molecule has 134 valence electrons. The van der Waals surface area contributed by atoms with Crippen LogP contribution < -0.4 is 0 Å². The summed E-state index contributed by atoms with van der Waals surface area (Å²) in [7, 11) is 0. The summed E-state index contributed by atoms with van der Waals surface area (Å²) in [5.74, 6) is -2.18. The lowest BCUT2D eigenvalue weighted by atomic mass is 10.00. The molecule has 0 saturated heterocycles. The third-order valence-corrected chi connectivity index (χ3v) is 3.45. The summed E-state index contributed by atoms with van der Waals surface area (Å²) in [6, 6.07) is 17.7. The van der Waals surface area contributed by atoms with E-state index >= 15 is 0 Å². The lowest BCUT2D eigenvalue weighted by molar-refractivity contribution is -0.141. The SMILES string of the molecule is O=C(CCl)ON=C(C(=NOC(=O)CCl)c1ccccc1)c1ccccc1. The molecule has 0 aliphatic carbocycles. The normalized spacial score (nSPS) is 11.8. The maximum atomic E-state index is 11.4. The summed E-state index contributed by atoms with van der Waals surface area (Å²) < 4.78 is 0. The highest BCUT2D eigenvalue weighted by Gasteiger charge is 2.18. The number of alkyl halides is 2. The summed E-state index contributed by atoms with van der Waals surface area (Å²) in [5.41, 5.74) is 1.58. The number of hydrogen-bond acceptors (Lipinski definition) is 6. The van der Waals surface area contributed by atoms with Crippen LogP contribution in [0.25, 0.3) is 0 Å². The van der Waals surface area contributed by atoms with Crippen molar-refractivity contribution in [2.45, 2.75) is 0 Å². The number of rotatable bonds is 7. The number of nitrogens with zero attached hydrogens (tertiary/aromatic N) is 2. The highest BCUT2D eigenvalue weighted by molar-refractivity contribution is 6.53. The number of carbonyl (C=O) groups is 2. The zero-order valence-corrected chi connectivity index (χ0v) is 15.0. The summed E-state index contributed by atoms with van der Waals surface area (Å²) >= 11 is 10.9. The van der Waals surface area contributed by atoms with Crippen molar-refractivity contribution >= 4 is 46.6 Å². The van der Waals surface area contributed by atoms with Gasteiger partial charge in [0.1, 0.15) is 23.2 Å². The van der Waals surface area contributed by atoms with Crippen molar-refractivity contribution in [1.82, 2.24) is 0 Å². The molecule has 0 spiro atoms. The Morgan fingerprint density at radius 2 is 1.04 bits per heavy atom. The highest BCUT2D eigenvalue weighted by Crippen LogP contribution is 2.12. The molecule has 0 aromatic heterocycles. The molecule has 0 aliphatic rings. The van der Waals surface area contributed by atoms with Gasteiger partial charge in [0.25, 0.3) is 0 Å². The molecule has 0 fully saturated rings. The van der Waals surface area contributed by atoms with Crippen LogP contribution in [0.1, 0.15) is 11.1 Å². The van der Waals surface area contributed by atoms with E-state index in [0.29, 0.717) is 11.1 Å². The van der Waals surface area contributed by atoms with Gasteiger partial charge < -0.3 is 9.68 Å². The molecule has 2 rings (SSSR count). The molecular weight excluding hydrogens is 379 g/mol. The molecule has 2 aromatic rings. The Kier molecular flexibility index (Phi) is 7.79. The lowest BCUT2D eigenvalue weighted by Crippen LogP contribution is -2.20. The Morgan fingerprint density at radius 3 is 1.35 bits per heavy atom. The highest BCUT2D eigenvalue weighted by atomic mass is 35.5. The Morgan fingerprint density at radius 1 is 0.692 bits per heavy atom. The average molecular weight is 393 g/mol. The van der Waals surface area contributed by atoms with Gasteiger partial charge in [-0.3, -0.25) is 0 Å². The molecule has 2 aromatic carbocycles. The number of halogens is 2. The van der Waals surface area contributed by atoms with Crippen molar-refractivity contribution in [2.24, 2.45) is 10.3 Å². The van der Waals surface area contributed by atoms with E-state index in [4.69, 9.17) is 32.9 Å². The molecule has 0 N–H and O–H groups in total. The number of oxime groups is 2. The van der Waals surface area contributed by atoms with Crippen LogP contribution in [0.5, 0.6) is 0 Å². The first-order chi connectivity index (χ1) is 12.7. The van der Waals surface area contributed by atoms with Crippen LogP contribution in [0.15, 0.2) is 71.0 Å². The van der Waals surface area contributed by atoms with Crippen molar-refractivity contribution in [1.29, 1.82) is 0 Å². The molecule has 0 amide bonds. The monoisotopic (exact) mass is 392 g/mol. The van der Waals surface area contributed by atoms with Crippen molar-refractivity contribution in [2.75, 3.05) is 11.8 Å². The summed E-state index contributed by atoms with van der Waals surface area (Å²) in [4.78, 5) is 32.5. The van der Waals surface area contributed by atoms with Gasteiger partial charge in [-0.1, -0.05) is 71.0 Å². The Bertz CT molecular complexity index is 739. The lowest BCUT2D eigenvalue weighted by Gasteiger charge is -2.09. The van der Waals surface area contributed by atoms with Gasteiger partial charge in [-0.15, -0.1) is 23.2 Å². The maximum Gasteiger partial charge on any atom is 0.349 e. The van der Waals surface area contributed by atoms with E-state index in [-0.39, 0.29) is 23.2 Å². The smallest absolute Gasteiger partial charge is 0.316 e. The Labute approximate surface area is 160 Å². The van der Waals surface area contributed by atoms with Gasteiger partial charge in [-0.2, -0.15) is 0 Å². The standard InChI is InChI=1S/C18H14Cl2N2O4/c19-11-15(23)25-21-17(13-7-3-1-4-8-13)18(22-26-16(24)12-20)14-9-5-2-6-10-14/h1-10H,11-12H2. The molecule has 8 heteroatoms. The first-order valence-electron chi connectivity index (χ1n) is 7.44. The van der Waals surface area contributed by atoms with Crippen LogP contribution in [-0.4, -0.2) is 35.1 Å². The molecule has 0 radical (unpaired) electrons. The van der Waals surface area contributed by atoms with Gasteiger partial charge in [-0.25, -0.2) is 9.59 Å². The molecule has 0 bridgehead atoms. The fourth-order valence-corrected chi connectivity index (χ4v) is 2.00. The molecule has 26 heavy (non-hydrogen) atoms. The molecule has 0 unspecified atom stereocenters. The minimum atomic E-state index is -0.731. The Hall–Kier alpha value is -2.70. The largest absolute Gasteiger partial charge is 0.349 e. The van der Waals surface area contributed by atoms with Crippen LogP contribution in [0, 0.1) is 0 Å². The zero-order chi connectivity index (χ0) is 18.8. The first-order valence-corrected chi connectivity index (χ1v) is 8.51. The van der Waals surface area contributed by atoms with Crippen molar-refractivity contribution < 1.29 is 19.3 Å². The summed E-state index contributed by atoms with van der Waals surface area (Å²) in [6.45, 7) is 0. The predicted molar refractivity (Wildman–Crippen MR) is 99.6 cm³/mol. The second kappa shape index (κ2) is 10.3. The predicted octanol–water partition coefficient (Wildman–Crippen LogP) is 3.36. The van der Waals surface area contributed by atoms with E-state index in [0.717, 1.165) is 0 Å². The van der Waals surface area contributed by atoms with Gasteiger partial charge in [-0.05, 0) is 0 Å². The third-order valence-electron chi connectivity index (χ3n) is 3.01. The van der Waals surface area contributed by atoms with Crippen LogP contribution >= 0.6 is 23.2 Å². The van der Waals surface area contributed by atoms with Crippen LogP contribution in [0.4, 0.5) is 0 Å². The van der Waals surface area contributed by atoms with E-state index in [9.17, 15) is 9.59 Å². The van der Waals surface area contributed by atoms with E-state index in [1.54, 1.807) is 48.5 Å². The van der Waals surface area contributed by atoms with Crippen LogP contribution in [0.2, 0.25) is 0 Å². The fourth-order valence-electron chi connectivity index (χ4n) is 1.90. The number of benzene rings is 2. The first kappa shape index (κ1) is 19.6. The second-order valence-corrected chi connectivity index (χ2v) is 5.34. The van der Waals surface area contributed by atoms with Gasteiger partial charge in [0.2, 0.25) is 0 Å². The molecule has 0 saturated carbocycles. The van der Waals surface area contributed by atoms with E-state index in [1.165, 1.54) is 0 Å². The van der Waals surface area contributed by atoms with Crippen molar-refractivity contribution in [3.8, 4) is 0 Å². The topological polar surface area (TPSA) is 77.3 Å². The fraction of sp³-hybridized carbons (Fsp3) is 0.111. The molecule has 6 nitrogen and oxygen atoms in total. The molecular formula is C18H14Cl2N2O4. The average Bonchev–Trinajstić information content (AvgIpc) is 2.71. The van der Waals surface area contributed by atoms with E-state index in [1.807, 2.05) is 12.1 Å². The second-order valence-electron chi connectivity index (χ2n) is 4.81. The van der Waals surface area contributed by atoms with Gasteiger partial charge in [0, 0.05) is 11.1 Å². The van der Waals surface area contributed by atoms with Gasteiger partial charge >= 0.3 is 11.9 Å². The minimum absolute atomic E-state index is 0.192. The number of carbonyl (C=O) groups excluding carboxylic acids is 2. The van der Waals surface area contributed by atoms with E-state index in [2.05, 4.69) is 10.3 Å². The molecule has 0 aliphatic heterocycles. The van der Waals surface area contributed by atoms with Crippen LogP contribution in [-0.2, 0) is 19.3 Å². The maximum absolute atomic E-state index is 11.4. The quantitative estimate of drug-likeness (QED) is 0.313. The molecule has 0 heterocycles. The van der Waals surface area contributed by atoms with Gasteiger partial charge in [0.15, 0.2) is 0 Å². The summed E-state index contributed by atoms with van der Waals surface area (Å²) in [6.07, 6.45) is 0. The summed E-state index contributed by atoms with van der Waals surface area (Å²) in [5, 5.41) is 7.75. The molecule has 0 atom stereocenters. The zero-order valence-electron chi connectivity index (χ0n) is 13.5. The van der Waals surface area contributed by atoms with Crippen molar-refractivity contribution in [3.05, 3.63) is 71.8 Å².